The molecule has 3 heteroatoms. The maximum atomic E-state index is 11.5. The Hall–Kier alpha value is -1.12. The maximum absolute atomic E-state index is 11.5. The van der Waals surface area contributed by atoms with E-state index in [0.29, 0.717) is 12.0 Å². The molecule has 0 amide bonds. The monoisotopic (exact) mass is 338 g/mol. The average molecular weight is 339 g/mol. The molecule has 0 spiro atoms. The first kappa shape index (κ1) is 22.9. The summed E-state index contributed by atoms with van der Waals surface area (Å²) in [4.78, 5) is 21.9. The van der Waals surface area contributed by atoms with Crippen LogP contribution in [-0.2, 0) is 14.3 Å². The van der Waals surface area contributed by atoms with Crippen molar-refractivity contribution in [3.05, 3.63) is 11.6 Å². The van der Waals surface area contributed by atoms with Gasteiger partial charge in [-0.15, -0.1) is 0 Å². The molecule has 0 aromatic carbocycles. The highest BCUT2D eigenvalue weighted by molar-refractivity contribution is 5.72. The molecule has 0 bridgehead atoms. The molecule has 0 aliphatic heterocycles. The van der Waals surface area contributed by atoms with Crippen LogP contribution in [0.25, 0.3) is 0 Å². The summed E-state index contributed by atoms with van der Waals surface area (Å²) in [6.45, 7) is 4.17. The third-order valence-corrected chi connectivity index (χ3v) is 4.32. The van der Waals surface area contributed by atoms with Crippen LogP contribution in [0.15, 0.2) is 11.6 Å². The van der Waals surface area contributed by atoms with Crippen LogP contribution in [0.5, 0.6) is 0 Å². The molecular weight excluding hydrogens is 300 g/mol. The van der Waals surface area contributed by atoms with Crippen molar-refractivity contribution in [2.24, 2.45) is 0 Å². The predicted molar refractivity (Wildman–Crippen MR) is 101 cm³/mol. The van der Waals surface area contributed by atoms with Gasteiger partial charge in [0.15, 0.2) is 0 Å². The molecule has 0 heterocycles. The molecule has 0 aliphatic carbocycles. The van der Waals surface area contributed by atoms with Gasteiger partial charge in [-0.05, 0) is 25.0 Å². The normalized spacial score (nSPS) is 11.5. The van der Waals surface area contributed by atoms with Gasteiger partial charge in [-0.2, -0.15) is 0 Å². The van der Waals surface area contributed by atoms with Crippen molar-refractivity contribution in [3.63, 3.8) is 0 Å². The fourth-order valence-corrected chi connectivity index (χ4v) is 2.67. The van der Waals surface area contributed by atoms with E-state index in [4.69, 9.17) is 4.74 Å². The second-order valence-corrected chi connectivity index (χ2v) is 6.74. The topological polar surface area (TPSA) is 43.4 Å². The first-order chi connectivity index (χ1) is 11.7. The van der Waals surface area contributed by atoms with Gasteiger partial charge in [-0.1, -0.05) is 84.0 Å². The molecule has 0 unspecified atom stereocenters. The molecule has 24 heavy (non-hydrogen) atoms. The first-order valence-electron chi connectivity index (χ1n) is 9.98. The third-order valence-electron chi connectivity index (χ3n) is 4.32. The van der Waals surface area contributed by atoms with Crippen LogP contribution in [0.2, 0.25) is 0 Å². The van der Waals surface area contributed by atoms with E-state index in [1.165, 1.54) is 70.6 Å². The molecule has 0 rings (SSSR count). The Kier molecular flexibility index (Phi) is 17.4. The van der Waals surface area contributed by atoms with Crippen molar-refractivity contribution in [1.82, 2.24) is 0 Å². The quantitative estimate of drug-likeness (QED) is 0.138. The molecule has 140 valence electrons. The summed E-state index contributed by atoms with van der Waals surface area (Å²) < 4.78 is 5.05. The fraction of sp³-hybridized carbons (Fsp3) is 0.810. The van der Waals surface area contributed by atoms with Crippen molar-refractivity contribution in [2.45, 2.75) is 104 Å². The number of carbonyl (C=O) groups is 2. The number of rotatable bonds is 17. The molecule has 0 N–H and O–H groups in total. The Morgan fingerprint density at radius 2 is 1.25 bits per heavy atom. The first-order valence-corrected chi connectivity index (χ1v) is 9.98. The van der Waals surface area contributed by atoms with E-state index >= 15 is 0 Å². The summed E-state index contributed by atoms with van der Waals surface area (Å²) in [7, 11) is 0. The van der Waals surface area contributed by atoms with Crippen LogP contribution in [0, 0.1) is 0 Å². The third kappa shape index (κ3) is 17.2. The molecule has 0 atom stereocenters. The molecule has 3 nitrogen and oxygen atoms in total. The van der Waals surface area contributed by atoms with Crippen molar-refractivity contribution in [2.75, 3.05) is 6.61 Å². The van der Waals surface area contributed by atoms with Gasteiger partial charge in [0.1, 0.15) is 12.9 Å². The number of unbranched alkanes of at least 4 members (excludes halogenated alkanes) is 12. The van der Waals surface area contributed by atoms with Crippen molar-refractivity contribution < 1.29 is 14.3 Å². The lowest BCUT2D eigenvalue weighted by molar-refractivity contribution is -0.142. The minimum absolute atomic E-state index is 0.159. The van der Waals surface area contributed by atoms with E-state index in [-0.39, 0.29) is 12.6 Å². The summed E-state index contributed by atoms with van der Waals surface area (Å²) in [5.41, 5.74) is 0.601. The van der Waals surface area contributed by atoms with Crippen molar-refractivity contribution >= 4 is 12.3 Å². The van der Waals surface area contributed by atoms with Crippen LogP contribution in [-0.4, -0.2) is 18.9 Å². The molecule has 0 aromatic heterocycles. The van der Waals surface area contributed by atoms with Crippen LogP contribution in [0.4, 0.5) is 0 Å². The lowest BCUT2D eigenvalue weighted by atomic mass is 10.0. The van der Waals surface area contributed by atoms with Gasteiger partial charge < -0.3 is 4.74 Å². The number of hydrogen-bond donors (Lipinski definition) is 0. The van der Waals surface area contributed by atoms with E-state index in [1.807, 2.05) is 0 Å². The highest BCUT2D eigenvalue weighted by Gasteiger charge is 2.01. The number of ether oxygens (including phenoxy) is 1. The van der Waals surface area contributed by atoms with Crippen LogP contribution in [0.3, 0.4) is 0 Å². The number of hydrogen-bond acceptors (Lipinski definition) is 3. The lowest BCUT2D eigenvalue weighted by Gasteiger charge is -2.04. The van der Waals surface area contributed by atoms with E-state index in [1.54, 1.807) is 13.0 Å². The summed E-state index contributed by atoms with van der Waals surface area (Å²) >= 11 is 0. The summed E-state index contributed by atoms with van der Waals surface area (Å²) in [6, 6.07) is 0. The lowest BCUT2D eigenvalue weighted by Crippen LogP contribution is -2.04. The average Bonchev–Trinajstić information content (AvgIpc) is 2.58. The van der Waals surface area contributed by atoms with E-state index in [2.05, 4.69) is 6.92 Å². The summed E-state index contributed by atoms with van der Waals surface area (Å²) in [6.07, 6.45) is 19.8. The van der Waals surface area contributed by atoms with Gasteiger partial charge in [0.25, 0.3) is 0 Å². The molecule has 0 aromatic rings. The van der Waals surface area contributed by atoms with Gasteiger partial charge in [-0.25, -0.2) is 0 Å². The van der Waals surface area contributed by atoms with Gasteiger partial charge in [0.05, 0.1) is 0 Å². The molecule has 0 radical (unpaired) electrons. The Morgan fingerprint density at radius 3 is 1.71 bits per heavy atom. The fourth-order valence-electron chi connectivity index (χ4n) is 2.67. The molecular formula is C21H38O3. The molecule has 0 saturated heterocycles. The maximum Gasteiger partial charge on any atom is 0.306 e. The Labute approximate surface area is 149 Å². The number of esters is 1. The minimum atomic E-state index is -0.159. The van der Waals surface area contributed by atoms with E-state index in [0.717, 1.165) is 19.1 Å². The second-order valence-electron chi connectivity index (χ2n) is 6.74. The predicted octanol–water partition coefficient (Wildman–Crippen LogP) is 6.16. The highest BCUT2D eigenvalue weighted by Crippen LogP contribution is 2.13. The Morgan fingerprint density at radius 1 is 0.792 bits per heavy atom. The summed E-state index contributed by atoms with van der Waals surface area (Å²) in [5, 5.41) is 0. The summed E-state index contributed by atoms with van der Waals surface area (Å²) in [5.74, 6) is -0.159. The highest BCUT2D eigenvalue weighted by atomic mass is 16.5. The SMILES string of the molecule is CCCCCCCCCCCCCCCC(=O)OC/C=C(\C)C=O. The van der Waals surface area contributed by atoms with Crippen LogP contribution < -0.4 is 0 Å². The number of aldehydes is 1. The molecule has 0 aliphatic rings. The Balaban J connectivity index is 3.22. The zero-order valence-electron chi connectivity index (χ0n) is 16.0. The molecule has 0 fully saturated rings. The van der Waals surface area contributed by atoms with Gasteiger partial charge in [-0.3, -0.25) is 9.59 Å². The zero-order chi connectivity index (χ0) is 17.9. The second kappa shape index (κ2) is 18.2. The zero-order valence-corrected chi connectivity index (χ0v) is 16.0. The van der Waals surface area contributed by atoms with Gasteiger partial charge in [0.2, 0.25) is 0 Å². The smallest absolute Gasteiger partial charge is 0.306 e. The van der Waals surface area contributed by atoms with Crippen LogP contribution >= 0.6 is 0 Å². The number of carbonyl (C=O) groups excluding carboxylic acids is 2. The van der Waals surface area contributed by atoms with Gasteiger partial charge in [0, 0.05) is 6.42 Å². The Bertz CT molecular complexity index is 334. The van der Waals surface area contributed by atoms with Gasteiger partial charge >= 0.3 is 5.97 Å². The van der Waals surface area contributed by atoms with E-state index in [9.17, 15) is 9.59 Å². The van der Waals surface area contributed by atoms with Crippen LogP contribution in [0.1, 0.15) is 104 Å². The minimum Gasteiger partial charge on any atom is -0.461 e. The molecule has 0 saturated carbocycles. The van der Waals surface area contributed by atoms with E-state index < -0.39 is 0 Å². The van der Waals surface area contributed by atoms with Crippen molar-refractivity contribution in [3.8, 4) is 0 Å². The van der Waals surface area contributed by atoms with Crippen molar-refractivity contribution in [1.29, 1.82) is 0 Å². The largest absolute Gasteiger partial charge is 0.461 e. The standard InChI is InChI=1S/C21H38O3/c1-3-4-5-6-7-8-9-10-11-12-13-14-15-16-21(23)24-18-17-20(2)19-22/h17,19H,3-16,18H2,1-2H3/b20-17+. The number of allylic oxidation sites excluding steroid dienone is 1.